The summed E-state index contributed by atoms with van der Waals surface area (Å²) in [5.74, 6) is 1.04. The number of methoxy groups -OCH3 is 1. The van der Waals surface area contributed by atoms with Crippen LogP contribution in [0.3, 0.4) is 0 Å². The molecule has 0 unspecified atom stereocenters. The van der Waals surface area contributed by atoms with Crippen molar-refractivity contribution in [2.24, 2.45) is 11.8 Å². The molecule has 142 valence electrons. The minimum absolute atomic E-state index is 0.0383. The Hall–Kier alpha value is -2.38. The van der Waals surface area contributed by atoms with Crippen LogP contribution in [-0.4, -0.2) is 64.2 Å². The summed E-state index contributed by atoms with van der Waals surface area (Å²) in [4.78, 5) is 14.9. The van der Waals surface area contributed by atoms with E-state index >= 15 is 0 Å². The SMILES string of the molecule is COc1ccccc1-n1cc(C(=O)N2C[C@H]3[C@@H](CO)[C@@H]4CC[C@@]3(C2)O4)cn1. The summed E-state index contributed by atoms with van der Waals surface area (Å²) in [6.07, 6.45) is 5.46. The molecule has 1 N–H and O–H groups in total. The quantitative estimate of drug-likeness (QED) is 0.884. The standard InChI is InChI=1S/C20H23N3O4/c1-26-18-5-3-2-4-16(18)23-9-13(8-21-23)19(25)22-10-15-14(11-24)17-6-7-20(15,12-22)27-17/h2-5,8-9,14-15,17,24H,6-7,10-12H2,1H3/t14-,15+,17+,20+/m1/s1. The molecule has 1 amide bonds. The largest absolute Gasteiger partial charge is 0.494 e. The minimum Gasteiger partial charge on any atom is -0.494 e. The summed E-state index contributed by atoms with van der Waals surface area (Å²) >= 11 is 0. The van der Waals surface area contributed by atoms with Crippen molar-refractivity contribution in [2.45, 2.75) is 24.5 Å². The van der Waals surface area contributed by atoms with E-state index in [2.05, 4.69) is 5.10 Å². The number of fused-ring (bicyclic) bond motifs is 1. The summed E-state index contributed by atoms with van der Waals surface area (Å²) < 4.78 is 13.3. The number of para-hydroxylation sites is 2. The number of aliphatic hydroxyl groups is 1. The van der Waals surface area contributed by atoms with Crippen LogP contribution in [0.1, 0.15) is 23.2 Å². The number of aliphatic hydroxyl groups excluding tert-OH is 1. The Kier molecular flexibility index (Phi) is 3.77. The number of hydrogen-bond acceptors (Lipinski definition) is 5. The maximum absolute atomic E-state index is 13.1. The van der Waals surface area contributed by atoms with E-state index in [0.29, 0.717) is 24.4 Å². The van der Waals surface area contributed by atoms with E-state index in [1.165, 1.54) is 0 Å². The molecule has 5 rings (SSSR count). The lowest BCUT2D eigenvalue weighted by Gasteiger charge is -2.27. The van der Waals surface area contributed by atoms with Crippen molar-refractivity contribution in [2.75, 3.05) is 26.8 Å². The molecule has 4 heterocycles. The van der Waals surface area contributed by atoms with E-state index in [4.69, 9.17) is 9.47 Å². The Morgan fingerprint density at radius 2 is 2.30 bits per heavy atom. The molecule has 0 saturated carbocycles. The molecule has 1 aromatic carbocycles. The first-order valence-corrected chi connectivity index (χ1v) is 9.41. The van der Waals surface area contributed by atoms with E-state index < -0.39 is 0 Å². The van der Waals surface area contributed by atoms with Gasteiger partial charge in [-0.25, -0.2) is 4.68 Å². The van der Waals surface area contributed by atoms with E-state index in [1.807, 2.05) is 29.2 Å². The molecule has 7 nitrogen and oxygen atoms in total. The summed E-state index contributed by atoms with van der Waals surface area (Å²) in [5, 5.41) is 14.1. The van der Waals surface area contributed by atoms with Gasteiger partial charge in [0, 0.05) is 31.2 Å². The van der Waals surface area contributed by atoms with Crippen LogP contribution < -0.4 is 4.74 Å². The molecule has 3 aliphatic rings. The van der Waals surface area contributed by atoms with E-state index in [-0.39, 0.29) is 36.1 Å². The average Bonchev–Trinajstić information content (AvgIpc) is 3.46. The molecule has 27 heavy (non-hydrogen) atoms. The third kappa shape index (κ3) is 2.41. The highest BCUT2D eigenvalue weighted by atomic mass is 16.5. The number of nitrogens with zero attached hydrogens (tertiary/aromatic N) is 3. The van der Waals surface area contributed by atoms with Gasteiger partial charge < -0.3 is 19.5 Å². The molecule has 3 fully saturated rings. The normalized spacial score (nSPS) is 31.3. The van der Waals surface area contributed by atoms with Gasteiger partial charge in [-0.2, -0.15) is 5.10 Å². The van der Waals surface area contributed by atoms with Gasteiger partial charge in [-0.3, -0.25) is 4.79 Å². The number of ether oxygens (including phenoxy) is 2. The summed E-state index contributed by atoms with van der Waals surface area (Å²) in [7, 11) is 1.61. The Morgan fingerprint density at radius 3 is 3.11 bits per heavy atom. The highest BCUT2D eigenvalue weighted by molar-refractivity contribution is 5.94. The second-order valence-corrected chi connectivity index (χ2v) is 7.74. The molecule has 3 saturated heterocycles. The van der Waals surface area contributed by atoms with Crippen LogP contribution in [0.25, 0.3) is 5.69 Å². The Bertz CT molecular complexity index is 882. The lowest BCUT2D eigenvalue weighted by Crippen LogP contribution is -2.38. The number of rotatable bonds is 4. The Balaban J connectivity index is 1.38. The fraction of sp³-hybridized carbons (Fsp3) is 0.500. The zero-order chi connectivity index (χ0) is 18.6. The van der Waals surface area contributed by atoms with Crippen molar-refractivity contribution in [1.82, 2.24) is 14.7 Å². The van der Waals surface area contributed by atoms with Crippen LogP contribution in [-0.2, 0) is 4.74 Å². The van der Waals surface area contributed by atoms with Crippen molar-refractivity contribution in [3.05, 3.63) is 42.2 Å². The third-order valence-corrected chi connectivity index (χ3v) is 6.44. The van der Waals surface area contributed by atoms with Crippen LogP contribution in [0, 0.1) is 11.8 Å². The molecule has 3 aliphatic heterocycles. The molecule has 0 aliphatic carbocycles. The van der Waals surface area contributed by atoms with Crippen molar-refractivity contribution in [3.8, 4) is 11.4 Å². The average molecular weight is 369 g/mol. The fourth-order valence-electron chi connectivity index (χ4n) is 5.16. The smallest absolute Gasteiger partial charge is 0.257 e. The zero-order valence-corrected chi connectivity index (χ0v) is 15.2. The number of amides is 1. The van der Waals surface area contributed by atoms with E-state index in [0.717, 1.165) is 18.5 Å². The van der Waals surface area contributed by atoms with Gasteiger partial charge in [-0.1, -0.05) is 12.1 Å². The summed E-state index contributed by atoms with van der Waals surface area (Å²) in [6, 6.07) is 7.57. The topological polar surface area (TPSA) is 76.8 Å². The van der Waals surface area contributed by atoms with Crippen LogP contribution in [0.15, 0.2) is 36.7 Å². The van der Waals surface area contributed by atoms with Crippen molar-refractivity contribution >= 4 is 5.91 Å². The first-order chi connectivity index (χ1) is 13.1. The van der Waals surface area contributed by atoms with Gasteiger partial charge in [-0.05, 0) is 25.0 Å². The van der Waals surface area contributed by atoms with E-state index in [9.17, 15) is 9.90 Å². The zero-order valence-electron chi connectivity index (χ0n) is 15.2. The fourth-order valence-corrected chi connectivity index (χ4v) is 5.16. The Labute approximate surface area is 157 Å². The number of carbonyl (C=O) groups is 1. The predicted octanol–water partition coefficient (Wildman–Crippen LogP) is 1.49. The number of aromatic nitrogens is 2. The van der Waals surface area contributed by atoms with Gasteiger partial charge in [0.2, 0.25) is 0 Å². The van der Waals surface area contributed by atoms with Gasteiger partial charge >= 0.3 is 0 Å². The monoisotopic (exact) mass is 369 g/mol. The lowest BCUT2D eigenvalue weighted by molar-refractivity contribution is 0.00154. The van der Waals surface area contributed by atoms with Crippen LogP contribution in [0.4, 0.5) is 0 Å². The van der Waals surface area contributed by atoms with Gasteiger partial charge in [0.15, 0.2) is 0 Å². The highest BCUT2D eigenvalue weighted by Crippen LogP contribution is 2.54. The second-order valence-electron chi connectivity index (χ2n) is 7.74. The van der Waals surface area contributed by atoms with Gasteiger partial charge in [0.1, 0.15) is 11.4 Å². The Morgan fingerprint density at radius 1 is 1.44 bits per heavy atom. The van der Waals surface area contributed by atoms with Crippen LogP contribution in [0.2, 0.25) is 0 Å². The van der Waals surface area contributed by atoms with Crippen molar-refractivity contribution in [3.63, 3.8) is 0 Å². The first kappa shape index (κ1) is 16.8. The van der Waals surface area contributed by atoms with Crippen LogP contribution >= 0.6 is 0 Å². The van der Waals surface area contributed by atoms with Crippen LogP contribution in [0.5, 0.6) is 5.75 Å². The minimum atomic E-state index is -0.258. The number of benzene rings is 1. The molecule has 7 heteroatoms. The molecule has 2 aromatic rings. The molecule has 1 aromatic heterocycles. The molecule has 2 bridgehead atoms. The van der Waals surface area contributed by atoms with E-state index in [1.54, 1.807) is 24.2 Å². The predicted molar refractivity (Wildman–Crippen MR) is 96.9 cm³/mol. The van der Waals surface area contributed by atoms with Crippen molar-refractivity contribution in [1.29, 1.82) is 0 Å². The number of likely N-dealkylation sites (tertiary alicyclic amines) is 1. The number of hydrogen-bond donors (Lipinski definition) is 1. The highest BCUT2D eigenvalue weighted by Gasteiger charge is 2.63. The molecule has 1 spiro atoms. The first-order valence-electron chi connectivity index (χ1n) is 9.41. The van der Waals surface area contributed by atoms with Crippen molar-refractivity contribution < 1.29 is 19.4 Å². The summed E-state index contributed by atoms with van der Waals surface area (Å²) in [5.41, 5.74) is 1.08. The van der Waals surface area contributed by atoms with Gasteiger partial charge in [0.05, 0.1) is 37.1 Å². The maximum atomic E-state index is 13.1. The third-order valence-electron chi connectivity index (χ3n) is 6.44. The lowest BCUT2D eigenvalue weighted by atomic mass is 9.74. The molecule has 4 atom stereocenters. The summed E-state index contributed by atoms with van der Waals surface area (Å²) in [6.45, 7) is 1.37. The number of carbonyl (C=O) groups excluding carboxylic acids is 1. The second kappa shape index (κ2) is 6.07. The molecular weight excluding hydrogens is 346 g/mol. The maximum Gasteiger partial charge on any atom is 0.257 e. The molecular formula is C20H23N3O4. The molecule has 0 radical (unpaired) electrons. The van der Waals surface area contributed by atoms with Gasteiger partial charge in [0.25, 0.3) is 5.91 Å². The van der Waals surface area contributed by atoms with Gasteiger partial charge in [-0.15, -0.1) is 0 Å².